The van der Waals surface area contributed by atoms with Crippen molar-refractivity contribution in [2.75, 3.05) is 40.9 Å². The lowest BCUT2D eigenvalue weighted by Gasteiger charge is -2.32. The van der Waals surface area contributed by atoms with Gasteiger partial charge < -0.3 is 14.8 Å². The fourth-order valence-electron chi connectivity index (χ4n) is 4.62. The zero-order valence-corrected chi connectivity index (χ0v) is 24.4. The molecule has 202 valence electrons. The highest BCUT2D eigenvalue weighted by Crippen LogP contribution is 2.29. The van der Waals surface area contributed by atoms with Crippen LogP contribution in [0.25, 0.3) is 0 Å². The van der Waals surface area contributed by atoms with Crippen LogP contribution in [-0.4, -0.2) is 57.9 Å². The van der Waals surface area contributed by atoms with Crippen LogP contribution in [0.1, 0.15) is 47.2 Å². The molecule has 1 aliphatic rings. The van der Waals surface area contributed by atoms with E-state index in [9.17, 15) is 4.79 Å². The Morgan fingerprint density at radius 2 is 1.82 bits per heavy atom. The fourth-order valence-corrected chi connectivity index (χ4v) is 4.85. The zero-order chi connectivity index (χ0) is 27.5. The summed E-state index contributed by atoms with van der Waals surface area (Å²) in [6.45, 7) is 9.75. The van der Waals surface area contributed by atoms with Crippen molar-refractivity contribution in [3.05, 3.63) is 93.5 Å². The Morgan fingerprint density at radius 3 is 2.45 bits per heavy atom. The minimum atomic E-state index is -0.0894. The van der Waals surface area contributed by atoms with Gasteiger partial charge in [0.2, 0.25) is 0 Å². The third-order valence-electron chi connectivity index (χ3n) is 6.70. The molecule has 0 saturated carbocycles. The average Bonchev–Trinajstić information content (AvgIpc) is 2.94. The molecule has 0 unspecified atom stereocenters. The monoisotopic (exact) mass is 579 g/mol. The number of piperidine rings is 1. The molecule has 1 amide bonds. The molecule has 1 saturated heterocycles. The smallest absolute Gasteiger partial charge is 0.251 e. The quantitative estimate of drug-likeness (QED) is 0.251. The summed E-state index contributed by atoms with van der Waals surface area (Å²) in [7, 11) is 4.96. The third-order valence-corrected chi connectivity index (χ3v) is 7.48. The van der Waals surface area contributed by atoms with Crippen molar-refractivity contribution in [2.24, 2.45) is 4.99 Å². The Labute approximate surface area is 235 Å². The molecule has 0 aromatic heterocycles. The summed E-state index contributed by atoms with van der Waals surface area (Å²) in [6, 6.07) is 13.7. The molecule has 7 heteroatoms. The minimum absolute atomic E-state index is 0.0894. The van der Waals surface area contributed by atoms with Crippen LogP contribution in [0.15, 0.2) is 81.8 Å². The number of hydrogen-bond donors (Lipinski definition) is 1. The maximum absolute atomic E-state index is 12.7. The molecule has 0 aliphatic carbocycles. The van der Waals surface area contributed by atoms with Crippen LogP contribution in [0.3, 0.4) is 0 Å². The summed E-state index contributed by atoms with van der Waals surface area (Å²) >= 11 is 3.55. The molecule has 0 atom stereocenters. The van der Waals surface area contributed by atoms with E-state index < -0.39 is 0 Å². The van der Waals surface area contributed by atoms with Gasteiger partial charge in [-0.1, -0.05) is 52.4 Å². The predicted octanol–water partition coefficient (Wildman–Crippen LogP) is 6.30. The normalized spacial score (nSPS) is 15.5. The second-order valence-corrected chi connectivity index (χ2v) is 10.3. The van der Waals surface area contributed by atoms with Gasteiger partial charge in [0.05, 0.1) is 14.2 Å². The van der Waals surface area contributed by atoms with Gasteiger partial charge in [-0.15, -0.1) is 0 Å². The van der Waals surface area contributed by atoms with Crippen molar-refractivity contribution in [2.45, 2.75) is 32.2 Å². The molecule has 0 spiro atoms. The Balaban J connectivity index is 1.48. The van der Waals surface area contributed by atoms with E-state index in [2.05, 4.69) is 62.9 Å². The van der Waals surface area contributed by atoms with Gasteiger partial charge >= 0.3 is 0 Å². The van der Waals surface area contributed by atoms with E-state index in [-0.39, 0.29) is 5.91 Å². The molecular formula is C31H38BrN3O3. The maximum Gasteiger partial charge on any atom is 0.251 e. The standard InChI is InChI=1S/C31H38BrN3O3/c1-22(18-23(2)28(32)12-15-33-3)21-35-16-13-26(14-17-35)25-7-9-27(10-8-25)31(36)34-20-24-6-11-29(37-4)30(19-24)38-5/h6-12,15,18-19,26H,2,13-14,16-17,20-21H2,1,3-5H3,(H,34,36)/b22-18+,28-12+,33-15?. The molecule has 1 aliphatic heterocycles. The van der Waals surface area contributed by atoms with Crippen LogP contribution >= 0.6 is 15.9 Å². The number of amides is 1. The molecule has 1 heterocycles. The summed E-state index contributed by atoms with van der Waals surface area (Å²) in [6.07, 6.45) is 8.00. The number of hydrogen-bond acceptors (Lipinski definition) is 5. The van der Waals surface area contributed by atoms with Gasteiger partial charge in [-0.3, -0.25) is 14.7 Å². The summed E-state index contributed by atoms with van der Waals surface area (Å²) in [5.74, 6) is 1.74. The first kappa shape index (κ1) is 29.4. The minimum Gasteiger partial charge on any atom is -0.493 e. The van der Waals surface area contributed by atoms with Crippen LogP contribution in [0, 0.1) is 0 Å². The van der Waals surface area contributed by atoms with E-state index in [1.54, 1.807) is 27.5 Å². The molecule has 1 N–H and O–H groups in total. The number of allylic oxidation sites excluding steroid dienone is 4. The first-order chi connectivity index (χ1) is 18.3. The van der Waals surface area contributed by atoms with Crippen molar-refractivity contribution < 1.29 is 14.3 Å². The average molecular weight is 581 g/mol. The number of nitrogens with one attached hydrogen (secondary N) is 1. The van der Waals surface area contributed by atoms with Crippen LogP contribution in [0.4, 0.5) is 0 Å². The molecule has 2 aromatic carbocycles. The van der Waals surface area contributed by atoms with E-state index in [1.165, 1.54) is 11.1 Å². The van der Waals surface area contributed by atoms with Gasteiger partial charge in [0.15, 0.2) is 11.5 Å². The van der Waals surface area contributed by atoms with Gasteiger partial charge in [-0.25, -0.2) is 0 Å². The van der Waals surface area contributed by atoms with E-state index in [1.807, 2.05) is 36.4 Å². The number of halogens is 1. The molecular weight excluding hydrogens is 542 g/mol. The van der Waals surface area contributed by atoms with Crippen molar-refractivity contribution in [3.63, 3.8) is 0 Å². The number of likely N-dealkylation sites (tertiary alicyclic amines) is 1. The van der Waals surface area contributed by atoms with Crippen LogP contribution in [-0.2, 0) is 6.54 Å². The molecule has 38 heavy (non-hydrogen) atoms. The number of ether oxygens (including phenoxy) is 2. The first-order valence-electron chi connectivity index (χ1n) is 12.8. The second kappa shape index (κ2) is 14.7. The Hall–Kier alpha value is -3.16. The van der Waals surface area contributed by atoms with Gasteiger partial charge in [0.1, 0.15) is 0 Å². The molecule has 3 rings (SSSR count). The van der Waals surface area contributed by atoms with Gasteiger partial charge in [-0.05, 0) is 85.8 Å². The Bertz CT molecular complexity index is 1190. The number of rotatable bonds is 11. The first-order valence-corrected chi connectivity index (χ1v) is 13.6. The number of methoxy groups -OCH3 is 2. The summed E-state index contributed by atoms with van der Waals surface area (Å²) < 4.78 is 11.6. The number of nitrogens with zero attached hydrogens (tertiary/aromatic N) is 2. The molecule has 2 aromatic rings. The molecule has 0 radical (unpaired) electrons. The highest BCUT2D eigenvalue weighted by molar-refractivity contribution is 9.12. The zero-order valence-electron chi connectivity index (χ0n) is 22.8. The van der Waals surface area contributed by atoms with Crippen molar-refractivity contribution in [1.29, 1.82) is 0 Å². The SMILES string of the molecule is C=C(/C=C(\C)CN1CCC(c2ccc(C(=O)NCc3ccc(OC)c(OC)c3)cc2)CC1)/C(Br)=C\C=NC. The lowest BCUT2D eigenvalue weighted by atomic mass is 9.89. The van der Waals surface area contributed by atoms with Crippen LogP contribution in [0.2, 0.25) is 0 Å². The highest BCUT2D eigenvalue weighted by Gasteiger charge is 2.21. The summed E-state index contributed by atoms with van der Waals surface area (Å²) in [5.41, 5.74) is 5.15. The van der Waals surface area contributed by atoms with Crippen LogP contribution < -0.4 is 14.8 Å². The number of aliphatic imine (C=N–C) groups is 1. The van der Waals surface area contributed by atoms with Crippen molar-refractivity contribution >= 4 is 28.1 Å². The maximum atomic E-state index is 12.7. The molecule has 0 bridgehead atoms. The fraction of sp³-hybridized carbons (Fsp3) is 0.355. The van der Waals surface area contributed by atoms with E-state index in [0.717, 1.165) is 48.1 Å². The van der Waals surface area contributed by atoms with E-state index >= 15 is 0 Å². The lowest BCUT2D eigenvalue weighted by molar-refractivity contribution is 0.0951. The van der Waals surface area contributed by atoms with Crippen LogP contribution in [0.5, 0.6) is 11.5 Å². The van der Waals surface area contributed by atoms with Crippen molar-refractivity contribution in [1.82, 2.24) is 10.2 Å². The predicted molar refractivity (Wildman–Crippen MR) is 160 cm³/mol. The number of carbonyl (C=O) groups excluding carboxylic acids is 1. The molecule has 1 fully saturated rings. The lowest BCUT2D eigenvalue weighted by Crippen LogP contribution is -2.34. The number of benzene rings is 2. The second-order valence-electron chi connectivity index (χ2n) is 9.48. The van der Waals surface area contributed by atoms with Crippen molar-refractivity contribution in [3.8, 4) is 11.5 Å². The van der Waals surface area contributed by atoms with Gasteiger partial charge in [0.25, 0.3) is 5.91 Å². The molecule has 6 nitrogen and oxygen atoms in total. The third kappa shape index (κ3) is 8.43. The Kier molecular flexibility index (Phi) is 11.4. The highest BCUT2D eigenvalue weighted by atomic mass is 79.9. The van der Waals surface area contributed by atoms with Gasteiger partial charge in [0, 0.05) is 36.4 Å². The summed E-state index contributed by atoms with van der Waals surface area (Å²) in [4.78, 5) is 19.2. The largest absolute Gasteiger partial charge is 0.493 e. The van der Waals surface area contributed by atoms with E-state index in [4.69, 9.17) is 9.47 Å². The number of carbonyl (C=O) groups is 1. The summed E-state index contributed by atoms with van der Waals surface area (Å²) in [5, 5.41) is 2.99. The van der Waals surface area contributed by atoms with E-state index in [0.29, 0.717) is 29.5 Å². The topological polar surface area (TPSA) is 63.2 Å². The van der Waals surface area contributed by atoms with Gasteiger partial charge in [-0.2, -0.15) is 0 Å². The Morgan fingerprint density at radius 1 is 1.13 bits per heavy atom.